The Morgan fingerprint density at radius 1 is 1.20 bits per heavy atom. The average Bonchev–Trinajstić information content (AvgIpc) is 3.51. The molecule has 3 aliphatic rings. The summed E-state index contributed by atoms with van der Waals surface area (Å²) < 4.78 is 20.3. The molecule has 188 valence electrons. The highest BCUT2D eigenvalue weighted by molar-refractivity contribution is 5.79. The van der Waals surface area contributed by atoms with E-state index in [1.54, 1.807) is 17.0 Å². The molecule has 2 saturated heterocycles. The number of nitrogens with zero attached hydrogens (tertiary/aromatic N) is 4. The Morgan fingerprint density at radius 3 is 2.57 bits per heavy atom. The Bertz CT molecular complexity index is 1040. The monoisotopic (exact) mass is 481 g/mol. The van der Waals surface area contributed by atoms with Gasteiger partial charge >= 0.3 is 0 Å². The number of aromatic nitrogens is 2. The zero-order chi connectivity index (χ0) is 24.4. The van der Waals surface area contributed by atoms with E-state index < -0.39 is 0 Å². The number of aryl methyl sites for hydroxylation is 1. The molecule has 1 aliphatic carbocycles. The van der Waals surface area contributed by atoms with E-state index in [1.165, 1.54) is 6.07 Å². The van der Waals surface area contributed by atoms with E-state index in [0.29, 0.717) is 29.8 Å². The van der Waals surface area contributed by atoms with Crippen LogP contribution in [0.15, 0.2) is 30.6 Å². The Morgan fingerprint density at radius 2 is 1.94 bits per heavy atom. The summed E-state index contributed by atoms with van der Waals surface area (Å²) in [6.07, 6.45) is 9.93. The third-order valence-corrected chi connectivity index (χ3v) is 8.08. The van der Waals surface area contributed by atoms with Crippen LogP contribution in [-0.4, -0.2) is 59.1 Å². The first-order chi connectivity index (χ1) is 16.9. The Hall–Kier alpha value is -2.74. The summed E-state index contributed by atoms with van der Waals surface area (Å²) in [5.74, 6) is 2.05. The van der Waals surface area contributed by atoms with Crippen LogP contribution in [0, 0.1) is 17.7 Å². The molecule has 1 amide bonds. The fraction of sp³-hybridized carbons (Fsp3) is 0.593. The van der Waals surface area contributed by atoms with Crippen LogP contribution in [0.2, 0.25) is 0 Å². The minimum Gasteiger partial charge on any atom is -0.493 e. The lowest BCUT2D eigenvalue weighted by Gasteiger charge is -2.33. The molecule has 7 nitrogen and oxygen atoms in total. The average molecular weight is 482 g/mol. The van der Waals surface area contributed by atoms with Crippen molar-refractivity contribution in [3.8, 4) is 5.75 Å². The maximum Gasteiger partial charge on any atom is 0.227 e. The molecule has 1 aromatic heterocycles. The number of rotatable bonds is 9. The van der Waals surface area contributed by atoms with Crippen LogP contribution < -0.4 is 15.4 Å². The van der Waals surface area contributed by atoms with Gasteiger partial charge in [-0.25, -0.2) is 14.4 Å². The molecule has 0 bridgehead atoms. The van der Waals surface area contributed by atoms with Gasteiger partial charge in [-0.3, -0.25) is 4.79 Å². The Labute approximate surface area is 206 Å². The van der Waals surface area contributed by atoms with Gasteiger partial charge in [0.1, 0.15) is 11.6 Å². The van der Waals surface area contributed by atoms with Crippen LogP contribution in [0.4, 0.5) is 10.3 Å². The number of anilines is 1. The molecule has 2 N–H and O–H groups in total. The highest BCUT2D eigenvalue weighted by atomic mass is 19.1. The van der Waals surface area contributed by atoms with E-state index in [1.807, 2.05) is 12.4 Å². The SMILES string of the molecule is CCc1cnc(N2CCC([C@H]3C[C@@]3(N)CCOc3ccc(CC(=O)N4CCC4)c(F)c3)CC2)nc1. The summed E-state index contributed by atoms with van der Waals surface area (Å²) in [6.45, 7) is 6.07. The molecular formula is C27H36FN5O2. The van der Waals surface area contributed by atoms with Crippen molar-refractivity contribution in [2.24, 2.45) is 17.6 Å². The minimum atomic E-state index is -0.386. The van der Waals surface area contributed by atoms with Crippen molar-refractivity contribution >= 4 is 11.9 Å². The van der Waals surface area contributed by atoms with Gasteiger partial charge in [0, 0.05) is 50.2 Å². The molecule has 2 aliphatic heterocycles. The number of likely N-dealkylation sites (tertiary alicyclic amines) is 1. The number of ether oxygens (including phenoxy) is 1. The zero-order valence-electron chi connectivity index (χ0n) is 20.6. The quantitative estimate of drug-likeness (QED) is 0.591. The van der Waals surface area contributed by atoms with Crippen molar-refractivity contribution in [1.82, 2.24) is 14.9 Å². The first-order valence-electron chi connectivity index (χ1n) is 13.0. The maximum absolute atomic E-state index is 14.5. The van der Waals surface area contributed by atoms with Gasteiger partial charge in [0.05, 0.1) is 13.0 Å². The Balaban J connectivity index is 1.05. The lowest BCUT2D eigenvalue weighted by atomic mass is 9.89. The van der Waals surface area contributed by atoms with Crippen molar-refractivity contribution in [2.75, 3.05) is 37.7 Å². The predicted octanol–water partition coefficient (Wildman–Crippen LogP) is 3.36. The molecule has 0 radical (unpaired) electrons. The first kappa shape index (κ1) is 24.0. The fourth-order valence-electron chi connectivity index (χ4n) is 5.43. The van der Waals surface area contributed by atoms with Gasteiger partial charge in [-0.05, 0) is 67.6 Å². The molecule has 1 saturated carbocycles. The van der Waals surface area contributed by atoms with Crippen LogP contribution in [0.25, 0.3) is 0 Å². The summed E-state index contributed by atoms with van der Waals surface area (Å²) in [7, 11) is 0. The number of carbonyl (C=O) groups is 1. The second-order valence-corrected chi connectivity index (χ2v) is 10.4. The summed E-state index contributed by atoms with van der Waals surface area (Å²) >= 11 is 0. The van der Waals surface area contributed by atoms with E-state index in [2.05, 4.69) is 21.8 Å². The topological polar surface area (TPSA) is 84.6 Å². The molecule has 5 rings (SSSR count). The van der Waals surface area contributed by atoms with Gasteiger partial charge in [-0.1, -0.05) is 13.0 Å². The predicted molar refractivity (Wildman–Crippen MR) is 133 cm³/mol. The molecule has 35 heavy (non-hydrogen) atoms. The molecule has 2 atom stereocenters. The van der Waals surface area contributed by atoms with E-state index in [0.717, 1.165) is 76.2 Å². The molecular weight excluding hydrogens is 445 g/mol. The van der Waals surface area contributed by atoms with Crippen LogP contribution >= 0.6 is 0 Å². The lowest BCUT2D eigenvalue weighted by molar-refractivity contribution is -0.133. The molecule has 0 unspecified atom stereocenters. The van der Waals surface area contributed by atoms with Crippen molar-refractivity contribution in [3.05, 3.63) is 47.5 Å². The van der Waals surface area contributed by atoms with Gasteiger partial charge in [-0.15, -0.1) is 0 Å². The van der Waals surface area contributed by atoms with Gasteiger partial charge < -0.3 is 20.3 Å². The summed E-state index contributed by atoms with van der Waals surface area (Å²) in [5, 5.41) is 0. The number of halogens is 1. The summed E-state index contributed by atoms with van der Waals surface area (Å²) in [5.41, 5.74) is 8.08. The van der Waals surface area contributed by atoms with Crippen molar-refractivity contribution in [2.45, 2.75) is 57.4 Å². The van der Waals surface area contributed by atoms with E-state index in [-0.39, 0.29) is 23.7 Å². The molecule has 1 aromatic carbocycles. The highest BCUT2D eigenvalue weighted by Crippen LogP contribution is 2.51. The molecule has 0 spiro atoms. The van der Waals surface area contributed by atoms with E-state index in [9.17, 15) is 9.18 Å². The van der Waals surface area contributed by atoms with E-state index in [4.69, 9.17) is 10.5 Å². The van der Waals surface area contributed by atoms with Gasteiger partial charge in [-0.2, -0.15) is 0 Å². The number of carbonyl (C=O) groups excluding carboxylic acids is 1. The molecule has 3 fully saturated rings. The van der Waals surface area contributed by atoms with E-state index >= 15 is 0 Å². The highest BCUT2D eigenvalue weighted by Gasteiger charge is 2.54. The van der Waals surface area contributed by atoms with Gasteiger partial charge in [0.2, 0.25) is 11.9 Å². The standard InChI is InChI=1S/C27H36FN5O2/c1-2-19-17-30-26(31-18-19)33-11-6-20(7-12-33)23-16-27(23,29)8-13-35-22-5-4-21(24(28)15-22)14-25(34)32-9-3-10-32/h4-5,15,17-18,20,23H,2-3,6-14,16,29H2,1H3/t23-,27+/m1/s1. The number of amides is 1. The normalized spacial score (nSPS) is 24.3. The van der Waals surface area contributed by atoms with Crippen molar-refractivity contribution in [3.63, 3.8) is 0 Å². The van der Waals surface area contributed by atoms with Crippen molar-refractivity contribution in [1.29, 1.82) is 0 Å². The number of hydrogen-bond donors (Lipinski definition) is 1. The second kappa shape index (κ2) is 10.1. The summed E-state index contributed by atoms with van der Waals surface area (Å²) in [6, 6.07) is 4.80. The molecule has 2 aromatic rings. The number of benzene rings is 1. The smallest absolute Gasteiger partial charge is 0.227 e. The maximum atomic E-state index is 14.5. The number of nitrogens with two attached hydrogens (primary N) is 1. The fourth-order valence-corrected chi connectivity index (χ4v) is 5.43. The molecule has 3 heterocycles. The lowest BCUT2D eigenvalue weighted by Crippen LogP contribution is -2.42. The van der Waals surface area contributed by atoms with Crippen LogP contribution in [-0.2, 0) is 17.6 Å². The molecule has 8 heteroatoms. The number of hydrogen-bond acceptors (Lipinski definition) is 6. The second-order valence-electron chi connectivity index (χ2n) is 10.4. The largest absolute Gasteiger partial charge is 0.493 e. The van der Waals surface area contributed by atoms with Crippen LogP contribution in [0.1, 0.15) is 50.2 Å². The number of piperidine rings is 1. The first-order valence-corrected chi connectivity index (χ1v) is 13.0. The summed E-state index contributed by atoms with van der Waals surface area (Å²) in [4.78, 5) is 25.2. The zero-order valence-corrected chi connectivity index (χ0v) is 20.6. The van der Waals surface area contributed by atoms with Crippen molar-refractivity contribution < 1.29 is 13.9 Å². The minimum absolute atomic E-state index is 0.0126. The Kier molecular flexibility index (Phi) is 6.91. The van der Waals surface area contributed by atoms with Crippen LogP contribution in [0.3, 0.4) is 0 Å². The van der Waals surface area contributed by atoms with Gasteiger partial charge in [0.15, 0.2) is 0 Å². The third kappa shape index (κ3) is 5.42. The van der Waals surface area contributed by atoms with Crippen LogP contribution in [0.5, 0.6) is 5.75 Å². The third-order valence-electron chi connectivity index (χ3n) is 8.08. The van der Waals surface area contributed by atoms with Gasteiger partial charge in [0.25, 0.3) is 0 Å².